The van der Waals surface area contributed by atoms with Crippen LogP contribution in [0.2, 0.25) is 0 Å². The minimum absolute atomic E-state index is 0.726. The fourth-order valence-corrected chi connectivity index (χ4v) is 1.94. The molecule has 1 heterocycles. The molecule has 0 bridgehead atoms. The predicted octanol–water partition coefficient (Wildman–Crippen LogP) is 1.37. The molecule has 2 unspecified atom stereocenters. The zero-order valence-electron chi connectivity index (χ0n) is 8.40. The SMILES string of the molecule is CCNCC1CC(CC)CCN1. The Labute approximate surface area is 76.1 Å². The molecule has 0 aromatic carbocycles. The predicted molar refractivity (Wildman–Crippen MR) is 53.3 cm³/mol. The smallest absolute Gasteiger partial charge is 0.0195 e. The van der Waals surface area contributed by atoms with Crippen molar-refractivity contribution in [1.29, 1.82) is 0 Å². The number of hydrogen-bond acceptors (Lipinski definition) is 2. The van der Waals surface area contributed by atoms with Gasteiger partial charge >= 0.3 is 0 Å². The number of piperidine rings is 1. The molecule has 0 spiro atoms. The molecular formula is C10H22N2. The normalized spacial score (nSPS) is 30.5. The van der Waals surface area contributed by atoms with Crippen LogP contribution in [0.1, 0.15) is 33.1 Å². The van der Waals surface area contributed by atoms with Crippen molar-refractivity contribution in [3.8, 4) is 0 Å². The molecule has 72 valence electrons. The summed E-state index contributed by atoms with van der Waals surface area (Å²) in [6, 6.07) is 0.726. The highest BCUT2D eigenvalue weighted by Crippen LogP contribution is 2.18. The summed E-state index contributed by atoms with van der Waals surface area (Å²) >= 11 is 0. The Kier molecular flexibility index (Phi) is 4.62. The van der Waals surface area contributed by atoms with Crippen molar-refractivity contribution >= 4 is 0 Å². The van der Waals surface area contributed by atoms with E-state index >= 15 is 0 Å². The standard InChI is InChI=1S/C10H22N2/c1-3-9-5-6-12-10(7-9)8-11-4-2/h9-12H,3-8H2,1-2H3. The van der Waals surface area contributed by atoms with E-state index in [1.165, 1.54) is 25.8 Å². The van der Waals surface area contributed by atoms with Crippen LogP contribution >= 0.6 is 0 Å². The largest absolute Gasteiger partial charge is 0.315 e. The van der Waals surface area contributed by atoms with E-state index in [-0.39, 0.29) is 0 Å². The molecule has 0 saturated carbocycles. The second kappa shape index (κ2) is 5.55. The second-order valence-electron chi connectivity index (χ2n) is 3.76. The van der Waals surface area contributed by atoms with Crippen molar-refractivity contribution in [2.45, 2.75) is 39.2 Å². The van der Waals surface area contributed by atoms with E-state index in [1.54, 1.807) is 0 Å². The molecule has 0 amide bonds. The van der Waals surface area contributed by atoms with Gasteiger partial charge in [0.05, 0.1) is 0 Å². The van der Waals surface area contributed by atoms with Gasteiger partial charge in [-0.3, -0.25) is 0 Å². The topological polar surface area (TPSA) is 24.1 Å². The first-order valence-electron chi connectivity index (χ1n) is 5.30. The molecule has 1 rings (SSSR count). The second-order valence-corrected chi connectivity index (χ2v) is 3.76. The molecule has 0 radical (unpaired) electrons. The van der Waals surface area contributed by atoms with Crippen LogP contribution in [-0.4, -0.2) is 25.7 Å². The van der Waals surface area contributed by atoms with Gasteiger partial charge in [0.2, 0.25) is 0 Å². The molecular weight excluding hydrogens is 148 g/mol. The highest BCUT2D eigenvalue weighted by molar-refractivity contribution is 4.78. The number of nitrogens with one attached hydrogen (secondary N) is 2. The van der Waals surface area contributed by atoms with Gasteiger partial charge in [-0.25, -0.2) is 0 Å². The first kappa shape index (κ1) is 10.0. The Morgan fingerprint density at radius 1 is 1.42 bits per heavy atom. The Morgan fingerprint density at radius 2 is 2.25 bits per heavy atom. The van der Waals surface area contributed by atoms with Gasteiger partial charge in [0.25, 0.3) is 0 Å². The number of hydrogen-bond donors (Lipinski definition) is 2. The molecule has 2 atom stereocenters. The van der Waals surface area contributed by atoms with Gasteiger partial charge in [0.1, 0.15) is 0 Å². The van der Waals surface area contributed by atoms with Gasteiger partial charge in [-0.1, -0.05) is 20.3 Å². The summed E-state index contributed by atoms with van der Waals surface area (Å²) < 4.78 is 0. The van der Waals surface area contributed by atoms with E-state index in [9.17, 15) is 0 Å². The van der Waals surface area contributed by atoms with E-state index in [0.717, 1.165) is 25.0 Å². The molecule has 2 nitrogen and oxygen atoms in total. The zero-order valence-corrected chi connectivity index (χ0v) is 8.40. The van der Waals surface area contributed by atoms with Crippen LogP contribution in [0.3, 0.4) is 0 Å². The van der Waals surface area contributed by atoms with Crippen LogP contribution in [0.5, 0.6) is 0 Å². The van der Waals surface area contributed by atoms with Crippen LogP contribution in [0.25, 0.3) is 0 Å². The summed E-state index contributed by atoms with van der Waals surface area (Å²) in [5.74, 6) is 0.968. The lowest BCUT2D eigenvalue weighted by Crippen LogP contribution is -2.44. The van der Waals surface area contributed by atoms with Gasteiger partial charge < -0.3 is 10.6 Å². The highest BCUT2D eigenvalue weighted by atomic mass is 15.0. The zero-order chi connectivity index (χ0) is 8.81. The summed E-state index contributed by atoms with van der Waals surface area (Å²) in [6.07, 6.45) is 4.09. The third-order valence-corrected chi connectivity index (χ3v) is 2.82. The third-order valence-electron chi connectivity index (χ3n) is 2.82. The van der Waals surface area contributed by atoms with Crippen LogP contribution in [-0.2, 0) is 0 Å². The minimum Gasteiger partial charge on any atom is -0.315 e. The Morgan fingerprint density at radius 3 is 2.92 bits per heavy atom. The van der Waals surface area contributed by atoms with Crippen LogP contribution in [0.15, 0.2) is 0 Å². The molecule has 1 saturated heterocycles. The molecule has 0 aromatic heterocycles. The van der Waals surface area contributed by atoms with Gasteiger partial charge in [0, 0.05) is 12.6 Å². The van der Waals surface area contributed by atoms with Crippen molar-refractivity contribution in [3.05, 3.63) is 0 Å². The van der Waals surface area contributed by atoms with Crippen molar-refractivity contribution in [2.75, 3.05) is 19.6 Å². The lowest BCUT2D eigenvalue weighted by molar-refractivity contribution is 0.289. The number of likely N-dealkylation sites (N-methyl/N-ethyl adjacent to an activating group) is 1. The fraction of sp³-hybridized carbons (Fsp3) is 1.00. The maximum absolute atomic E-state index is 3.56. The molecule has 2 heteroatoms. The summed E-state index contributed by atoms with van der Waals surface area (Å²) in [5, 5.41) is 6.96. The van der Waals surface area contributed by atoms with Gasteiger partial charge in [0.15, 0.2) is 0 Å². The van der Waals surface area contributed by atoms with E-state index < -0.39 is 0 Å². The molecule has 1 aliphatic rings. The lowest BCUT2D eigenvalue weighted by atomic mass is 9.90. The lowest BCUT2D eigenvalue weighted by Gasteiger charge is -2.29. The van der Waals surface area contributed by atoms with Crippen molar-refractivity contribution < 1.29 is 0 Å². The van der Waals surface area contributed by atoms with Crippen molar-refractivity contribution in [2.24, 2.45) is 5.92 Å². The van der Waals surface area contributed by atoms with Crippen LogP contribution < -0.4 is 10.6 Å². The van der Waals surface area contributed by atoms with Gasteiger partial charge in [-0.05, 0) is 31.8 Å². The Bertz CT molecular complexity index is 114. The highest BCUT2D eigenvalue weighted by Gasteiger charge is 2.18. The molecule has 1 aliphatic heterocycles. The summed E-state index contributed by atoms with van der Waals surface area (Å²) in [6.45, 7) is 7.93. The summed E-state index contributed by atoms with van der Waals surface area (Å²) in [4.78, 5) is 0. The molecule has 1 fully saturated rings. The van der Waals surface area contributed by atoms with Crippen LogP contribution in [0, 0.1) is 5.92 Å². The first-order chi connectivity index (χ1) is 5.86. The third kappa shape index (κ3) is 3.11. The maximum Gasteiger partial charge on any atom is 0.0195 e. The monoisotopic (exact) mass is 170 g/mol. The molecule has 12 heavy (non-hydrogen) atoms. The van der Waals surface area contributed by atoms with Crippen molar-refractivity contribution in [1.82, 2.24) is 10.6 Å². The first-order valence-corrected chi connectivity index (χ1v) is 5.30. The van der Waals surface area contributed by atoms with E-state index in [2.05, 4.69) is 24.5 Å². The minimum atomic E-state index is 0.726. The van der Waals surface area contributed by atoms with E-state index in [4.69, 9.17) is 0 Å². The maximum atomic E-state index is 3.56. The number of rotatable bonds is 4. The van der Waals surface area contributed by atoms with Gasteiger partial charge in [-0.15, -0.1) is 0 Å². The average molecular weight is 170 g/mol. The average Bonchev–Trinajstić information content (AvgIpc) is 2.15. The quantitative estimate of drug-likeness (QED) is 0.666. The molecule has 0 aliphatic carbocycles. The Hall–Kier alpha value is -0.0800. The van der Waals surface area contributed by atoms with E-state index in [0.29, 0.717) is 0 Å². The molecule has 2 N–H and O–H groups in total. The van der Waals surface area contributed by atoms with E-state index in [1.807, 2.05) is 0 Å². The fourth-order valence-electron chi connectivity index (χ4n) is 1.94. The van der Waals surface area contributed by atoms with Gasteiger partial charge in [-0.2, -0.15) is 0 Å². The Balaban J connectivity index is 2.16. The van der Waals surface area contributed by atoms with Crippen LogP contribution in [0.4, 0.5) is 0 Å². The van der Waals surface area contributed by atoms with Crippen molar-refractivity contribution in [3.63, 3.8) is 0 Å². The molecule has 0 aromatic rings. The summed E-state index contributed by atoms with van der Waals surface area (Å²) in [7, 11) is 0. The summed E-state index contributed by atoms with van der Waals surface area (Å²) in [5.41, 5.74) is 0.